The van der Waals surface area contributed by atoms with Crippen molar-refractivity contribution in [2.45, 2.75) is 43.7 Å². The highest BCUT2D eigenvalue weighted by atomic mass is 16.5. The van der Waals surface area contributed by atoms with Crippen molar-refractivity contribution in [3.05, 3.63) is 29.8 Å². The zero-order valence-electron chi connectivity index (χ0n) is 13.8. The number of methoxy groups -OCH3 is 2. The van der Waals surface area contributed by atoms with Crippen LogP contribution in [0.2, 0.25) is 0 Å². The van der Waals surface area contributed by atoms with Crippen molar-refractivity contribution in [3.8, 4) is 5.75 Å². The van der Waals surface area contributed by atoms with Crippen molar-refractivity contribution in [3.63, 3.8) is 0 Å². The smallest absolute Gasteiger partial charge is 0.410 e. The van der Waals surface area contributed by atoms with Gasteiger partial charge in [-0.15, -0.1) is 0 Å². The second-order valence-corrected chi connectivity index (χ2v) is 6.59. The molecule has 3 atom stereocenters. The molecule has 1 aromatic rings. The van der Waals surface area contributed by atoms with Crippen LogP contribution in [-0.2, 0) is 4.74 Å². The maximum atomic E-state index is 12.2. The van der Waals surface area contributed by atoms with E-state index in [1.807, 2.05) is 24.3 Å². The fourth-order valence-corrected chi connectivity index (χ4v) is 4.22. The highest BCUT2D eigenvalue weighted by molar-refractivity contribution is 5.68. The molecule has 5 heteroatoms. The van der Waals surface area contributed by atoms with Gasteiger partial charge in [-0.2, -0.15) is 0 Å². The Hall–Kier alpha value is -1.75. The topological polar surface area (TPSA) is 59.0 Å². The van der Waals surface area contributed by atoms with Gasteiger partial charge in [-0.25, -0.2) is 4.79 Å². The summed E-state index contributed by atoms with van der Waals surface area (Å²) in [6.45, 7) is 0.524. The van der Waals surface area contributed by atoms with Crippen LogP contribution in [0.3, 0.4) is 0 Å². The number of carbonyl (C=O) groups is 1. The molecule has 0 radical (unpaired) electrons. The van der Waals surface area contributed by atoms with Crippen LogP contribution in [0.1, 0.15) is 43.7 Å². The summed E-state index contributed by atoms with van der Waals surface area (Å²) in [6, 6.07) is 7.63. The van der Waals surface area contributed by atoms with Crippen molar-refractivity contribution < 1.29 is 19.4 Å². The number of hydrogen-bond donors (Lipinski definition) is 1. The molecular formula is C18H25NO4. The molecule has 3 rings (SSSR count). The monoisotopic (exact) mass is 319 g/mol. The Kier molecular flexibility index (Phi) is 4.48. The molecule has 1 saturated heterocycles. The first-order chi connectivity index (χ1) is 11.1. The van der Waals surface area contributed by atoms with Crippen molar-refractivity contribution in [1.82, 2.24) is 4.90 Å². The van der Waals surface area contributed by atoms with Gasteiger partial charge in [0, 0.05) is 12.5 Å². The van der Waals surface area contributed by atoms with Crippen LogP contribution in [0, 0.1) is 5.92 Å². The molecule has 2 fully saturated rings. The van der Waals surface area contributed by atoms with Gasteiger partial charge in [-0.1, -0.05) is 25.0 Å². The molecule has 1 N–H and O–H groups in total. The summed E-state index contributed by atoms with van der Waals surface area (Å²) in [6.07, 6.45) is 4.20. The Labute approximate surface area is 137 Å². The predicted octanol–water partition coefficient (Wildman–Crippen LogP) is 3.13. The molecule has 0 spiro atoms. The zero-order chi connectivity index (χ0) is 16.4. The summed E-state index contributed by atoms with van der Waals surface area (Å²) < 4.78 is 10.2. The summed E-state index contributed by atoms with van der Waals surface area (Å²) in [5.74, 6) is 0.838. The van der Waals surface area contributed by atoms with E-state index in [1.54, 1.807) is 12.0 Å². The van der Waals surface area contributed by atoms with E-state index in [2.05, 4.69) is 0 Å². The second kappa shape index (κ2) is 6.40. The summed E-state index contributed by atoms with van der Waals surface area (Å²) in [5, 5.41) is 11.1. The van der Waals surface area contributed by atoms with Crippen molar-refractivity contribution >= 4 is 6.09 Å². The van der Waals surface area contributed by atoms with E-state index in [0.717, 1.165) is 37.0 Å². The number of nitrogens with zero attached hydrogens (tertiary/aromatic N) is 1. The largest absolute Gasteiger partial charge is 0.497 e. The van der Waals surface area contributed by atoms with E-state index in [9.17, 15) is 9.90 Å². The molecular weight excluding hydrogens is 294 g/mol. The van der Waals surface area contributed by atoms with Crippen LogP contribution in [0.5, 0.6) is 5.75 Å². The average molecular weight is 319 g/mol. The van der Waals surface area contributed by atoms with E-state index in [4.69, 9.17) is 9.47 Å². The number of benzene rings is 1. The zero-order valence-corrected chi connectivity index (χ0v) is 13.8. The van der Waals surface area contributed by atoms with Crippen LogP contribution < -0.4 is 4.74 Å². The van der Waals surface area contributed by atoms with E-state index in [-0.39, 0.29) is 18.1 Å². The second-order valence-electron chi connectivity index (χ2n) is 6.59. The Morgan fingerprint density at radius 2 is 1.96 bits per heavy atom. The number of amides is 1. The maximum absolute atomic E-state index is 12.2. The number of likely N-dealkylation sites (tertiary alicyclic amines) is 1. The minimum absolute atomic E-state index is 0.0532. The minimum Gasteiger partial charge on any atom is -0.497 e. The summed E-state index contributed by atoms with van der Waals surface area (Å²) in [7, 11) is 3.05. The number of fused-ring (bicyclic) bond motifs is 1. The van der Waals surface area contributed by atoms with Gasteiger partial charge in [0.2, 0.25) is 0 Å². The van der Waals surface area contributed by atoms with Crippen molar-refractivity contribution in [2.75, 3.05) is 20.8 Å². The lowest BCUT2D eigenvalue weighted by Crippen LogP contribution is -2.56. The summed E-state index contributed by atoms with van der Waals surface area (Å²) in [5.41, 5.74) is 0.356. The molecule has 23 heavy (non-hydrogen) atoms. The lowest BCUT2D eigenvalue weighted by atomic mass is 9.66. The molecule has 0 bridgehead atoms. The fraction of sp³-hybridized carbons (Fsp3) is 0.611. The number of carbonyl (C=O) groups excluding carboxylic acids is 1. The normalized spacial score (nSPS) is 30.5. The number of aliphatic hydroxyl groups is 1. The Balaban J connectivity index is 1.98. The molecule has 0 unspecified atom stereocenters. The first-order valence-corrected chi connectivity index (χ1v) is 8.30. The molecule has 1 heterocycles. The first-order valence-electron chi connectivity index (χ1n) is 8.30. The van der Waals surface area contributed by atoms with Crippen LogP contribution in [0.25, 0.3) is 0 Å². The highest BCUT2D eigenvalue weighted by Gasteiger charge is 2.50. The molecule has 1 aromatic carbocycles. The Morgan fingerprint density at radius 3 is 2.61 bits per heavy atom. The number of piperidine rings is 1. The molecule has 1 saturated carbocycles. The van der Waals surface area contributed by atoms with Gasteiger partial charge in [0.25, 0.3) is 0 Å². The van der Waals surface area contributed by atoms with Crippen molar-refractivity contribution in [1.29, 1.82) is 0 Å². The number of rotatable bonds is 2. The van der Waals surface area contributed by atoms with Gasteiger partial charge in [-0.3, -0.25) is 0 Å². The average Bonchev–Trinajstić information content (AvgIpc) is 2.59. The third-order valence-electron chi connectivity index (χ3n) is 5.43. The molecule has 1 amide bonds. The van der Waals surface area contributed by atoms with Gasteiger partial charge in [0.15, 0.2) is 0 Å². The lowest BCUT2D eigenvalue weighted by Gasteiger charge is -2.52. The van der Waals surface area contributed by atoms with Gasteiger partial charge in [0.05, 0.1) is 25.9 Å². The SMILES string of the molecule is COC(=O)N1CC[C@]2(O)CCCC[C@H]2[C@@H]1c1ccc(OC)cc1. The number of hydrogen-bond acceptors (Lipinski definition) is 4. The van der Waals surface area contributed by atoms with Crippen LogP contribution in [0.15, 0.2) is 24.3 Å². The van der Waals surface area contributed by atoms with E-state index < -0.39 is 5.60 Å². The van der Waals surface area contributed by atoms with Crippen LogP contribution in [-0.4, -0.2) is 42.5 Å². The van der Waals surface area contributed by atoms with Crippen molar-refractivity contribution in [2.24, 2.45) is 5.92 Å². The van der Waals surface area contributed by atoms with Gasteiger partial charge < -0.3 is 19.5 Å². The van der Waals surface area contributed by atoms with Gasteiger partial charge in [0.1, 0.15) is 5.75 Å². The quantitative estimate of drug-likeness (QED) is 0.910. The third kappa shape index (κ3) is 2.90. The Morgan fingerprint density at radius 1 is 1.22 bits per heavy atom. The summed E-state index contributed by atoms with van der Waals surface area (Å²) >= 11 is 0. The van der Waals surface area contributed by atoms with Crippen LogP contribution >= 0.6 is 0 Å². The summed E-state index contributed by atoms with van der Waals surface area (Å²) in [4.78, 5) is 14.0. The molecule has 1 aliphatic carbocycles. The van der Waals surface area contributed by atoms with E-state index in [1.165, 1.54) is 7.11 Å². The van der Waals surface area contributed by atoms with E-state index >= 15 is 0 Å². The maximum Gasteiger partial charge on any atom is 0.410 e. The first kappa shape index (κ1) is 16.1. The predicted molar refractivity (Wildman–Crippen MR) is 86.4 cm³/mol. The molecule has 1 aliphatic heterocycles. The molecule has 2 aliphatic rings. The molecule has 126 valence electrons. The standard InChI is InChI=1S/C18H25NO4/c1-22-14-8-6-13(7-9-14)16-15-5-3-4-10-18(15,21)11-12-19(16)17(20)23-2/h6-9,15-16,21H,3-5,10-12H2,1-2H3/t15-,16-,18+/m0/s1. The third-order valence-corrected chi connectivity index (χ3v) is 5.43. The fourth-order valence-electron chi connectivity index (χ4n) is 4.22. The molecule has 5 nitrogen and oxygen atoms in total. The Bertz CT molecular complexity index is 559. The van der Waals surface area contributed by atoms with Gasteiger partial charge >= 0.3 is 6.09 Å². The van der Waals surface area contributed by atoms with Gasteiger partial charge in [-0.05, 0) is 37.0 Å². The van der Waals surface area contributed by atoms with E-state index in [0.29, 0.717) is 13.0 Å². The van der Waals surface area contributed by atoms with Crippen LogP contribution in [0.4, 0.5) is 4.79 Å². The molecule has 0 aromatic heterocycles. The number of ether oxygens (including phenoxy) is 2. The minimum atomic E-state index is -0.673. The lowest BCUT2D eigenvalue weighted by molar-refractivity contribution is -0.117. The highest BCUT2D eigenvalue weighted by Crippen LogP contribution is 2.49.